The Labute approximate surface area is 109 Å². The highest BCUT2D eigenvalue weighted by molar-refractivity contribution is 6.18. The van der Waals surface area contributed by atoms with Crippen LogP contribution in [0, 0.1) is 11.8 Å². The average molecular weight is 259 g/mol. The van der Waals surface area contributed by atoms with E-state index in [1.807, 2.05) is 0 Å². The molecule has 0 bridgehead atoms. The maximum atomic E-state index is 12.4. The third-order valence-corrected chi connectivity index (χ3v) is 4.43. The minimum absolute atomic E-state index is 0.301. The van der Waals surface area contributed by atoms with Gasteiger partial charge in [-0.3, -0.25) is 9.69 Å². The van der Waals surface area contributed by atoms with Crippen molar-refractivity contribution in [3.8, 4) is 0 Å². The molecule has 2 unspecified atom stereocenters. The lowest BCUT2D eigenvalue weighted by molar-refractivity contribution is -0.138. The predicted molar refractivity (Wildman–Crippen MR) is 70.2 cm³/mol. The van der Waals surface area contributed by atoms with E-state index in [0.29, 0.717) is 23.6 Å². The maximum Gasteiger partial charge on any atom is 0.226 e. The molecule has 2 atom stereocenters. The van der Waals surface area contributed by atoms with Gasteiger partial charge < -0.3 is 4.90 Å². The Morgan fingerprint density at radius 3 is 2.47 bits per heavy atom. The van der Waals surface area contributed by atoms with Crippen molar-refractivity contribution in [1.82, 2.24) is 9.80 Å². The van der Waals surface area contributed by atoms with Crippen molar-refractivity contribution in [3.63, 3.8) is 0 Å². The summed E-state index contributed by atoms with van der Waals surface area (Å²) >= 11 is 5.73. The fourth-order valence-electron chi connectivity index (χ4n) is 3.06. The molecule has 0 aromatic carbocycles. The first kappa shape index (κ1) is 13.2. The van der Waals surface area contributed by atoms with Gasteiger partial charge in [-0.2, -0.15) is 0 Å². The van der Waals surface area contributed by atoms with Crippen LogP contribution in [0.1, 0.15) is 26.2 Å². The summed E-state index contributed by atoms with van der Waals surface area (Å²) in [7, 11) is 0. The highest BCUT2D eigenvalue weighted by Gasteiger charge is 2.33. The highest BCUT2D eigenvalue weighted by atomic mass is 35.5. The maximum absolute atomic E-state index is 12.4. The first-order valence-corrected chi connectivity index (χ1v) is 7.33. The third kappa shape index (κ3) is 3.14. The van der Waals surface area contributed by atoms with E-state index in [9.17, 15) is 4.79 Å². The SMILES string of the molecule is CC1CCCC1C(=O)N1CCN(CCCl)CC1. The molecule has 1 aliphatic heterocycles. The molecule has 3 nitrogen and oxygen atoms in total. The quantitative estimate of drug-likeness (QED) is 0.721. The first-order valence-electron chi connectivity index (χ1n) is 6.79. The van der Waals surface area contributed by atoms with Crippen LogP contribution < -0.4 is 0 Å². The van der Waals surface area contributed by atoms with Crippen molar-refractivity contribution in [2.75, 3.05) is 38.6 Å². The van der Waals surface area contributed by atoms with Crippen LogP contribution in [0.4, 0.5) is 0 Å². The zero-order chi connectivity index (χ0) is 12.3. The van der Waals surface area contributed by atoms with Crippen LogP contribution in [0.25, 0.3) is 0 Å². The zero-order valence-corrected chi connectivity index (χ0v) is 11.5. The number of carbonyl (C=O) groups is 1. The number of piperazine rings is 1. The van der Waals surface area contributed by atoms with Crippen LogP contribution >= 0.6 is 11.6 Å². The van der Waals surface area contributed by atoms with Gasteiger partial charge in [0.15, 0.2) is 0 Å². The Kier molecular flexibility index (Phi) is 4.69. The fourth-order valence-corrected chi connectivity index (χ4v) is 3.30. The van der Waals surface area contributed by atoms with E-state index in [1.54, 1.807) is 0 Å². The number of alkyl halides is 1. The second kappa shape index (κ2) is 6.05. The summed E-state index contributed by atoms with van der Waals surface area (Å²) in [6.07, 6.45) is 3.55. The molecule has 98 valence electrons. The van der Waals surface area contributed by atoms with Gasteiger partial charge in [0.05, 0.1) is 0 Å². The largest absolute Gasteiger partial charge is 0.340 e. The van der Waals surface area contributed by atoms with E-state index < -0.39 is 0 Å². The lowest BCUT2D eigenvalue weighted by atomic mass is 9.96. The van der Waals surface area contributed by atoms with E-state index in [-0.39, 0.29) is 0 Å². The van der Waals surface area contributed by atoms with Crippen LogP contribution in [-0.4, -0.2) is 54.3 Å². The van der Waals surface area contributed by atoms with Crippen LogP contribution in [0.5, 0.6) is 0 Å². The van der Waals surface area contributed by atoms with E-state index in [4.69, 9.17) is 11.6 Å². The molecule has 0 spiro atoms. The fraction of sp³-hybridized carbons (Fsp3) is 0.923. The van der Waals surface area contributed by atoms with E-state index in [0.717, 1.165) is 39.1 Å². The van der Waals surface area contributed by atoms with Gasteiger partial charge in [0, 0.05) is 44.5 Å². The highest BCUT2D eigenvalue weighted by Crippen LogP contribution is 2.32. The Morgan fingerprint density at radius 1 is 1.24 bits per heavy atom. The van der Waals surface area contributed by atoms with Crippen molar-refractivity contribution in [2.45, 2.75) is 26.2 Å². The molecule has 0 aromatic rings. The molecule has 0 aromatic heterocycles. The molecule has 4 heteroatoms. The number of carbonyl (C=O) groups excluding carboxylic acids is 1. The van der Waals surface area contributed by atoms with Crippen molar-refractivity contribution in [2.24, 2.45) is 11.8 Å². The molecule has 1 aliphatic carbocycles. The van der Waals surface area contributed by atoms with Crippen molar-refractivity contribution < 1.29 is 4.79 Å². The number of rotatable bonds is 3. The van der Waals surface area contributed by atoms with Gasteiger partial charge in [-0.05, 0) is 18.8 Å². The van der Waals surface area contributed by atoms with Gasteiger partial charge >= 0.3 is 0 Å². The van der Waals surface area contributed by atoms with Crippen LogP contribution in [0.2, 0.25) is 0 Å². The molecular formula is C13H23ClN2O. The average Bonchev–Trinajstić information content (AvgIpc) is 2.76. The minimum Gasteiger partial charge on any atom is -0.340 e. The molecule has 0 N–H and O–H groups in total. The topological polar surface area (TPSA) is 23.6 Å². The Morgan fingerprint density at radius 2 is 1.94 bits per heavy atom. The Hall–Kier alpha value is -0.280. The van der Waals surface area contributed by atoms with Gasteiger partial charge in [0.2, 0.25) is 5.91 Å². The standard InChI is InChI=1S/C13H23ClN2O/c1-11-3-2-4-12(11)13(17)16-9-7-15(6-5-14)8-10-16/h11-12H,2-10H2,1H3. The Balaban J connectivity index is 1.82. The summed E-state index contributed by atoms with van der Waals surface area (Å²) in [5.74, 6) is 1.98. The monoisotopic (exact) mass is 258 g/mol. The summed E-state index contributed by atoms with van der Waals surface area (Å²) in [6, 6.07) is 0. The van der Waals surface area contributed by atoms with Gasteiger partial charge in [0.1, 0.15) is 0 Å². The van der Waals surface area contributed by atoms with Crippen molar-refractivity contribution >= 4 is 17.5 Å². The molecule has 2 fully saturated rings. The minimum atomic E-state index is 0.301. The molecule has 1 heterocycles. The summed E-state index contributed by atoms with van der Waals surface area (Å²) < 4.78 is 0. The molecule has 1 saturated heterocycles. The number of hydrogen-bond donors (Lipinski definition) is 0. The van der Waals surface area contributed by atoms with Gasteiger partial charge in [0.25, 0.3) is 0 Å². The lowest BCUT2D eigenvalue weighted by Gasteiger charge is -2.36. The summed E-state index contributed by atoms with van der Waals surface area (Å²) in [4.78, 5) is 16.8. The second-order valence-corrected chi connectivity index (χ2v) is 5.75. The van der Waals surface area contributed by atoms with Gasteiger partial charge in [-0.15, -0.1) is 11.6 Å². The summed E-state index contributed by atoms with van der Waals surface area (Å²) in [5, 5.41) is 0. The van der Waals surface area contributed by atoms with Crippen molar-refractivity contribution in [1.29, 1.82) is 0 Å². The molecule has 1 saturated carbocycles. The number of halogens is 1. The number of amides is 1. The number of hydrogen-bond acceptors (Lipinski definition) is 2. The van der Waals surface area contributed by atoms with Gasteiger partial charge in [-0.25, -0.2) is 0 Å². The van der Waals surface area contributed by atoms with Crippen molar-refractivity contribution in [3.05, 3.63) is 0 Å². The van der Waals surface area contributed by atoms with Crippen LogP contribution in [-0.2, 0) is 4.79 Å². The number of nitrogens with zero attached hydrogens (tertiary/aromatic N) is 2. The summed E-state index contributed by atoms with van der Waals surface area (Å²) in [5.41, 5.74) is 0. The van der Waals surface area contributed by atoms with E-state index >= 15 is 0 Å². The summed E-state index contributed by atoms with van der Waals surface area (Å²) in [6.45, 7) is 6.92. The first-order chi connectivity index (χ1) is 8.22. The molecule has 1 amide bonds. The molecular weight excluding hydrogens is 236 g/mol. The van der Waals surface area contributed by atoms with Gasteiger partial charge in [-0.1, -0.05) is 13.3 Å². The van der Waals surface area contributed by atoms with Crippen LogP contribution in [0.3, 0.4) is 0 Å². The second-order valence-electron chi connectivity index (χ2n) is 5.37. The molecule has 0 radical (unpaired) electrons. The Bertz CT molecular complexity index is 264. The predicted octanol–water partition coefficient (Wildman–Crippen LogP) is 1.81. The van der Waals surface area contributed by atoms with Crippen LogP contribution in [0.15, 0.2) is 0 Å². The third-order valence-electron chi connectivity index (χ3n) is 4.26. The molecule has 2 aliphatic rings. The zero-order valence-electron chi connectivity index (χ0n) is 10.7. The van der Waals surface area contributed by atoms with E-state index in [2.05, 4.69) is 16.7 Å². The normalized spacial score (nSPS) is 30.8. The smallest absolute Gasteiger partial charge is 0.226 e. The molecule has 2 rings (SSSR count). The lowest BCUT2D eigenvalue weighted by Crippen LogP contribution is -2.50. The van der Waals surface area contributed by atoms with E-state index in [1.165, 1.54) is 12.8 Å². The molecule has 17 heavy (non-hydrogen) atoms.